The van der Waals surface area contributed by atoms with Crippen molar-refractivity contribution in [1.82, 2.24) is 10.7 Å². The Morgan fingerprint density at radius 2 is 2.33 bits per heavy atom. The van der Waals surface area contributed by atoms with Crippen molar-refractivity contribution in [3.05, 3.63) is 0 Å². The van der Waals surface area contributed by atoms with E-state index in [1.807, 2.05) is 0 Å². The van der Waals surface area contributed by atoms with Gasteiger partial charge in [0.2, 0.25) is 0 Å². The van der Waals surface area contributed by atoms with Crippen LogP contribution in [0.2, 0.25) is 0 Å². The van der Waals surface area contributed by atoms with Crippen molar-refractivity contribution in [2.45, 2.75) is 13.0 Å². The summed E-state index contributed by atoms with van der Waals surface area (Å²) in [5.41, 5.74) is 7.45. The largest absolute Gasteiger partial charge is 0.375 e. The van der Waals surface area contributed by atoms with Crippen LogP contribution in [-0.4, -0.2) is 30.2 Å². The highest BCUT2D eigenvalue weighted by atomic mass is 32.1. The van der Waals surface area contributed by atoms with Crippen molar-refractivity contribution in [1.29, 1.82) is 0 Å². The van der Waals surface area contributed by atoms with Crippen LogP contribution in [0, 0.1) is 0 Å². The monoisotopic (exact) mass is 188 g/mol. The highest BCUT2D eigenvalue weighted by molar-refractivity contribution is 7.80. The second-order valence-corrected chi connectivity index (χ2v) is 2.57. The Morgan fingerprint density at radius 3 is 2.67 bits per heavy atom. The Morgan fingerprint density at radius 1 is 1.75 bits per heavy atom. The SMILES string of the molecule is CN[C@@H](/C=N/NC(N)=S)C(C)=O. The molecule has 6 heteroatoms. The van der Waals surface area contributed by atoms with Gasteiger partial charge in [0.25, 0.3) is 0 Å². The van der Waals surface area contributed by atoms with Crippen LogP contribution in [0.25, 0.3) is 0 Å². The number of carbonyl (C=O) groups is 1. The third-order valence-corrected chi connectivity index (χ3v) is 1.24. The lowest BCUT2D eigenvalue weighted by Crippen LogP contribution is -2.35. The molecule has 0 heterocycles. The molecule has 0 amide bonds. The van der Waals surface area contributed by atoms with Crippen LogP contribution in [0.3, 0.4) is 0 Å². The molecule has 5 nitrogen and oxygen atoms in total. The van der Waals surface area contributed by atoms with Gasteiger partial charge in [-0.3, -0.25) is 10.2 Å². The number of Topliss-reactive ketones (excluding diaryl/α,β-unsaturated/α-hetero) is 1. The molecule has 0 radical (unpaired) electrons. The van der Waals surface area contributed by atoms with E-state index in [1.165, 1.54) is 13.1 Å². The summed E-state index contributed by atoms with van der Waals surface area (Å²) >= 11 is 4.50. The Kier molecular flexibility index (Phi) is 5.14. The van der Waals surface area contributed by atoms with E-state index in [0.29, 0.717) is 0 Å². The number of thiocarbonyl (C=S) groups is 1. The van der Waals surface area contributed by atoms with E-state index in [1.54, 1.807) is 7.05 Å². The third kappa shape index (κ3) is 4.75. The van der Waals surface area contributed by atoms with Crippen LogP contribution in [0.5, 0.6) is 0 Å². The lowest BCUT2D eigenvalue weighted by Gasteiger charge is -2.04. The number of nitrogens with zero attached hydrogens (tertiary/aromatic N) is 1. The maximum absolute atomic E-state index is 10.8. The minimum atomic E-state index is -0.396. The van der Waals surface area contributed by atoms with Gasteiger partial charge in [0.1, 0.15) is 6.04 Å². The summed E-state index contributed by atoms with van der Waals surface area (Å²) in [6.45, 7) is 1.47. The molecule has 0 aromatic rings. The normalized spacial score (nSPS) is 12.8. The predicted octanol–water partition coefficient (Wildman–Crippen LogP) is -1.02. The lowest BCUT2D eigenvalue weighted by atomic mass is 10.2. The minimum Gasteiger partial charge on any atom is -0.375 e. The van der Waals surface area contributed by atoms with Crippen molar-refractivity contribution in [3.63, 3.8) is 0 Å². The quantitative estimate of drug-likeness (QED) is 0.299. The molecule has 0 aliphatic heterocycles. The summed E-state index contributed by atoms with van der Waals surface area (Å²) in [4.78, 5) is 10.8. The minimum absolute atomic E-state index is 0.0222. The van der Waals surface area contributed by atoms with Crippen LogP contribution < -0.4 is 16.5 Å². The molecule has 4 N–H and O–H groups in total. The maximum atomic E-state index is 10.8. The summed E-state index contributed by atoms with van der Waals surface area (Å²) < 4.78 is 0. The molecular formula is C6H12N4OS. The van der Waals surface area contributed by atoms with Gasteiger partial charge in [-0.05, 0) is 26.2 Å². The van der Waals surface area contributed by atoms with Crippen molar-refractivity contribution >= 4 is 29.3 Å². The van der Waals surface area contributed by atoms with Crippen LogP contribution in [-0.2, 0) is 4.79 Å². The van der Waals surface area contributed by atoms with E-state index in [-0.39, 0.29) is 10.9 Å². The molecule has 0 unspecified atom stereocenters. The second-order valence-electron chi connectivity index (χ2n) is 2.13. The van der Waals surface area contributed by atoms with E-state index in [4.69, 9.17) is 5.73 Å². The van der Waals surface area contributed by atoms with Crippen LogP contribution in [0.15, 0.2) is 5.10 Å². The molecule has 0 saturated carbocycles. The average Bonchev–Trinajstić information content (AvgIpc) is 1.96. The zero-order chi connectivity index (χ0) is 9.56. The molecule has 0 rings (SSSR count). The number of nitrogens with two attached hydrogens (primary N) is 1. The molecular weight excluding hydrogens is 176 g/mol. The number of hydrogen-bond acceptors (Lipinski definition) is 4. The van der Waals surface area contributed by atoms with Crippen molar-refractivity contribution in [3.8, 4) is 0 Å². The van der Waals surface area contributed by atoms with Gasteiger partial charge in [0, 0.05) is 6.21 Å². The van der Waals surface area contributed by atoms with Crippen LogP contribution in [0.4, 0.5) is 0 Å². The number of nitrogens with one attached hydrogen (secondary N) is 2. The first-order chi connectivity index (χ1) is 5.57. The van der Waals surface area contributed by atoms with Gasteiger partial charge in [-0.15, -0.1) is 0 Å². The predicted molar refractivity (Wildman–Crippen MR) is 51.9 cm³/mol. The first-order valence-corrected chi connectivity index (χ1v) is 3.75. The molecule has 0 aliphatic rings. The number of carbonyl (C=O) groups excluding carboxylic acids is 1. The van der Waals surface area contributed by atoms with Crippen LogP contribution in [0.1, 0.15) is 6.92 Å². The maximum Gasteiger partial charge on any atom is 0.184 e. The second kappa shape index (κ2) is 5.62. The molecule has 0 spiro atoms. The van der Waals surface area contributed by atoms with Gasteiger partial charge in [0.05, 0.1) is 0 Å². The first-order valence-electron chi connectivity index (χ1n) is 3.34. The molecule has 0 bridgehead atoms. The molecule has 12 heavy (non-hydrogen) atoms. The fourth-order valence-electron chi connectivity index (χ4n) is 0.558. The number of hydrazone groups is 1. The zero-order valence-electron chi connectivity index (χ0n) is 7.00. The molecule has 68 valence electrons. The van der Waals surface area contributed by atoms with E-state index in [2.05, 4.69) is 28.1 Å². The average molecular weight is 188 g/mol. The van der Waals surface area contributed by atoms with Crippen molar-refractivity contribution in [2.75, 3.05) is 7.05 Å². The fourth-order valence-corrected chi connectivity index (χ4v) is 0.611. The van der Waals surface area contributed by atoms with E-state index < -0.39 is 6.04 Å². The Labute approximate surface area is 76.4 Å². The molecule has 0 saturated heterocycles. The van der Waals surface area contributed by atoms with Gasteiger partial charge in [0.15, 0.2) is 10.9 Å². The van der Waals surface area contributed by atoms with Gasteiger partial charge < -0.3 is 11.1 Å². The number of ketones is 1. The third-order valence-electron chi connectivity index (χ3n) is 1.15. The highest BCUT2D eigenvalue weighted by Gasteiger charge is 2.06. The molecule has 0 aromatic carbocycles. The van der Waals surface area contributed by atoms with E-state index in [9.17, 15) is 4.79 Å². The van der Waals surface area contributed by atoms with Gasteiger partial charge in [-0.1, -0.05) is 0 Å². The molecule has 0 fully saturated rings. The van der Waals surface area contributed by atoms with E-state index >= 15 is 0 Å². The summed E-state index contributed by atoms with van der Waals surface area (Å²) in [5.74, 6) is -0.0222. The number of hydrogen-bond donors (Lipinski definition) is 3. The summed E-state index contributed by atoms with van der Waals surface area (Å²) in [7, 11) is 1.67. The lowest BCUT2D eigenvalue weighted by molar-refractivity contribution is -0.117. The summed E-state index contributed by atoms with van der Waals surface area (Å²) in [5, 5.41) is 6.46. The smallest absolute Gasteiger partial charge is 0.184 e. The first kappa shape index (κ1) is 11.0. The van der Waals surface area contributed by atoms with Crippen molar-refractivity contribution < 1.29 is 4.79 Å². The molecule has 1 atom stereocenters. The number of likely N-dealkylation sites (N-methyl/N-ethyl adjacent to an activating group) is 1. The Balaban J connectivity index is 3.93. The standard InChI is InChI=1S/C6H12N4OS/c1-4(11)5(8-2)3-9-10-6(7)12/h3,5,8H,1-2H3,(H3,7,10,12)/b9-3+/t5-/m0/s1. The topological polar surface area (TPSA) is 79.5 Å². The Bertz CT molecular complexity index is 204. The van der Waals surface area contributed by atoms with E-state index in [0.717, 1.165) is 0 Å². The van der Waals surface area contributed by atoms with Gasteiger partial charge in [-0.25, -0.2) is 0 Å². The highest BCUT2D eigenvalue weighted by Crippen LogP contribution is 1.79. The van der Waals surface area contributed by atoms with Crippen LogP contribution >= 0.6 is 12.2 Å². The number of rotatable bonds is 4. The fraction of sp³-hybridized carbons (Fsp3) is 0.500. The Hall–Kier alpha value is -1.01. The summed E-state index contributed by atoms with van der Waals surface area (Å²) in [6.07, 6.45) is 1.40. The molecule has 0 aromatic heterocycles. The van der Waals surface area contributed by atoms with Gasteiger partial charge >= 0.3 is 0 Å². The molecule has 0 aliphatic carbocycles. The van der Waals surface area contributed by atoms with Gasteiger partial charge in [-0.2, -0.15) is 5.10 Å². The zero-order valence-corrected chi connectivity index (χ0v) is 7.81. The summed E-state index contributed by atoms with van der Waals surface area (Å²) in [6, 6.07) is -0.396. The van der Waals surface area contributed by atoms with Crippen molar-refractivity contribution in [2.24, 2.45) is 10.8 Å².